The Bertz CT molecular complexity index is 1330. The van der Waals surface area contributed by atoms with Gasteiger partial charge in [-0.3, -0.25) is 9.10 Å². The van der Waals surface area contributed by atoms with E-state index in [1.165, 1.54) is 25.3 Å². The van der Waals surface area contributed by atoms with Crippen LogP contribution in [-0.4, -0.2) is 48.7 Å². The third kappa shape index (κ3) is 7.08. The maximum atomic E-state index is 13.5. The van der Waals surface area contributed by atoms with Crippen LogP contribution >= 0.6 is 11.6 Å². The molecule has 37 heavy (non-hydrogen) atoms. The number of nitrogens with zero attached hydrogens (tertiary/aromatic N) is 1. The summed E-state index contributed by atoms with van der Waals surface area (Å²) in [6.07, 6.45) is 1.35. The number of carbonyl (C=O) groups excluding carboxylic acids is 1. The number of halogens is 1. The molecule has 0 aliphatic carbocycles. The van der Waals surface area contributed by atoms with Crippen molar-refractivity contribution in [1.29, 1.82) is 0 Å². The monoisotopic (exact) mass is 546 g/mol. The molecule has 1 amide bonds. The number of carbonyl (C=O) groups is 1. The van der Waals surface area contributed by atoms with E-state index in [-0.39, 0.29) is 15.6 Å². The van der Waals surface area contributed by atoms with Gasteiger partial charge in [0.1, 0.15) is 12.3 Å². The zero-order chi connectivity index (χ0) is 27.0. The highest BCUT2D eigenvalue weighted by Gasteiger charge is 2.27. The highest BCUT2D eigenvalue weighted by molar-refractivity contribution is 7.92. The Hall–Kier alpha value is -3.43. The van der Waals surface area contributed by atoms with Gasteiger partial charge in [-0.25, -0.2) is 8.42 Å². The highest BCUT2D eigenvalue weighted by Crippen LogP contribution is 2.32. The minimum absolute atomic E-state index is 0.0753. The standard InChI is InChI=1S/C27H31ClN2O6S/c1-19-7-11-22(12-8-19)37(32,33)30(21-10-14-24(34-2)23(28)17-21)18-27(31)29-15-5-6-20-9-13-25(35-3)26(16-20)36-4/h7-14,16-17H,5-6,15,18H2,1-4H3,(H,29,31). The van der Waals surface area contributed by atoms with E-state index in [1.54, 1.807) is 38.5 Å². The van der Waals surface area contributed by atoms with Crippen molar-refractivity contribution in [1.82, 2.24) is 5.32 Å². The molecule has 0 aliphatic rings. The molecule has 0 aliphatic heterocycles. The zero-order valence-corrected chi connectivity index (χ0v) is 22.9. The summed E-state index contributed by atoms with van der Waals surface area (Å²) in [4.78, 5) is 12.9. The topological polar surface area (TPSA) is 94.2 Å². The van der Waals surface area contributed by atoms with Gasteiger partial charge < -0.3 is 19.5 Å². The number of nitrogens with one attached hydrogen (secondary N) is 1. The largest absolute Gasteiger partial charge is 0.495 e. The minimum Gasteiger partial charge on any atom is -0.495 e. The summed E-state index contributed by atoms with van der Waals surface area (Å²) < 4.78 is 43.9. The first-order valence-electron chi connectivity index (χ1n) is 11.6. The third-order valence-electron chi connectivity index (χ3n) is 5.73. The van der Waals surface area contributed by atoms with Crippen molar-refractivity contribution >= 4 is 33.2 Å². The second-order valence-corrected chi connectivity index (χ2v) is 10.6. The Morgan fingerprint density at radius 3 is 2.16 bits per heavy atom. The van der Waals surface area contributed by atoms with Gasteiger partial charge in [-0.1, -0.05) is 35.4 Å². The molecule has 0 atom stereocenters. The predicted molar refractivity (Wildman–Crippen MR) is 145 cm³/mol. The lowest BCUT2D eigenvalue weighted by atomic mass is 10.1. The number of ether oxygens (including phenoxy) is 3. The lowest BCUT2D eigenvalue weighted by Gasteiger charge is -2.24. The molecule has 0 saturated carbocycles. The zero-order valence-electron chi connectivity index (χ0n) is 21.3. The number of hydrogen-bond donors (Lipinski definition) is 1. The number of anilines is 1. The number of hydrogen-bond acceptors (Lipinski definition) is 6. The van der Waals surface area contributed by atoms with E-state index in [0.717, 1.165) is 15.4 Å². The first kappa shape index (κ1) is 28.1. The highest BCUT2D eigenvalue weighted by atomic mass is 35.5. The number of amides is 1. The molecule has 8 nitrogen and oxygen atoms in total. The third-order valence-corrected chi connectivity index (χ3v) is 7.82. The van der Waals surface area contributed by atoms with Gasteiger partial charge in [0, 0.05) is 6.54 Å². The fourth-order valence-electron chi connectivity index (χ4n) is 3.71. The molecule has 0 spiro atoms. The molecule has 198 valence electrons. The van der Waals surface area contributed by atoms with Crippen molar-refractivity contribution < 1.29 is 27.4 Å². The predicted octanol–water partition coefficient (Wildman–Crippen LogP) is 4.62. The van der Waals surface area contributed by atoms with Crippen molar-refractivity contribution in [3.05, 3.63) is 76.8 Å². The molecule has 3 aromatic carbocycles. The van der Waals surface area contributed by atoms with Gasteiger partial charge in [-0.2, -0.15) is 0 Å². The van der Waals surface area contributed by atoms with E-state index in [0.29, 0.717) is 36.6 Å². The van der Waals surface area contributed by atoms with Crippen LogP contribution in [0.15, 0.2) is 65.6 Å². The first-order chi connectivity index (χ1) is 17.7. The van der Waals surface area contributed by atoms with Gasteiger partial charge in [0.2, 0.25) is 5.91 Å². The SMILES string of the molecule is COc1ccc(N(CC(=O)NCCCc2ccc(OC)c(OC)c2)S(=O)(=O)c2ccc(C)cc2)cc1Cl. The number of benzene rings is 3. The maximum absolute atomic E-state index is 13.5. The number of aryl methyl sites for hydroxylation is 2. The molecule has 0 heterocycles. The molecule has 0 bridgehead atoms. The van der Waals surface area contributed by atoms with Crippen molar-refractivity contribution in [3.8, 4) is 17.2 Å². The molecule has 0 fully saturated rings. The summed E-state index contributed by atoms with van der Waals surface area (Å²) in [5.41, 5.74) is 2.21. The molecule has 1 N–H and O–H groups in total. The summed E-state index contributed by atoms with van der Waals surface area (Å²) >= 11 is 6.26. The second kappa shape index (κ2) is 12.7. The van der Waals surface area contributed by atoms with Crippen LogP contribution in [0.25, 0.3) is 0 Å². The van der Waals surface area contributed by atoms with Crippen LogP contribution in [-0.2, 0) is 21.2 Å². The van der Waals surface area contributed by atoms with E-state index >= 15 is 0 Å². The van der Waals surface area contributed by atoms with Gasteiger partial charge in [0.15, 0.2) is 11.5 Å². The van der Waals surface area contributed by atoms with Crippen LogP contribution in [0.1, 0.15) is 17.5 Å². The summed E-state index contributed by atoms with van der Waals surface area (Å²) in [5.74, 6) is 1.25. The van der Waals surface area contributed by atoms with Crippen LogP contribution < -0.4 is 23.8 Å². The van der Waals surface area contributed by atoms with Gasteiger partial charge in [0.25, 0.3) is 10.0 Å². The normalized spacial score (nSPS) is 11.1. The molecule has 0 aromatic heterocycles. The molecule has 0 unspecified atom stereocenters. The van der Waals surface area contributed by atoms with Gasteiger partial charge in [-0.05, 0) is 67.8 Å². The van der Waals surface area contributed by atoms with Crippen molar-refractivity contribution in [3.63, 3.8) is 0 Å². The van der Waals surface area contributed by atoms with Crippen LogP contribution in [0.2, 0.25) is 5.02 Å². The quantitative estimate of drug-likeness (QED) is 0.333. The van der Waals surface area contributed by atoms with Crippen LogP contribution in [0.4, 0.5) is 5.69 Å². The van der Waals surface area contributed by atoms with E-state index < -0.39 is 22.5 Å². The smallest absolute Gasteiger partial charge is 0.264 e. The lowest BCUT2D eigenvalue weighted by Crippen LogP contribution is -2.41. The Balaban J connectivity index is 1.72. The molecule has 0 saturated heterocycles. The first-order valence-corrected chi connectivity index (χ1v) is 13.4. The number of methoxy groups -OCH3 is 3. The number of sulfonamides is 1. The van der Waals surface area contributed by atoms with Crippen LogP contribution in [0, 0.1) is 6.92 Å². The Morgan fingerprint density at radius 1 is 0.892 bits per heavy atom. The Morgan fingerprint density at radius 2 is 1.54 bits per heavy atom. The molecule has 10 heteroatoms. The fourth-order valence-corrected chi connectivity index (χ4v) is 5.37. The molecule has 3 rings (SSSR count). The summed E-state index contributed by atoms with van der Waals surface area (Å²) in [5, 5.41) is 3.05. The summed E-state index contributed by atoms with van der Waals surface area (Å²) in [7, 11) is 0.583. The molecular formula is C27H31ClN2O6S. The summed E-state index contributed by atoms with van der Waals surface area (Å²) in [6.45, 7) is 1.83. The summed E-state index contributed by atoms with van der Waals surface area (Å²) in [6, 6.07) is 16.7. The molecular weight excluding hydrogens is 516 g/mol. The molecule has 0 radical (unpaired) electrons. The van der Waals surface area contributed by atoms with Gasteiger partial charge in [-0.15, -0.1) is 0 Å². The van der Waals surface area contributed by atoms with E-state index in [2.05, 4.69) is 5.32 Å². The fraction of sp³-hybridized carbons (Fsp3) is 0.296. The minimum atomic E-state index is -4.04. The van der Waals surface area contributed by atoms with E-state index in [9.17, 15) is 13.2 Å². The van der Waals surface area contributed by atoms with Crippen molar-refractivity contribution in [2.75, 3.05) is 38.7 Å². The van der Waals surface area contributed by atoms with Crippen molar-refractivity contribution in [2.45, 2.75) is 24.7 Å². The van der Waals surface area contributed by atoms with Crippen LogP contribution in [0.3, 0.4) is 0 Å². The molecule has 3 aromatic rings. The van der Waals surface area contributed by atoms with Crippen molar-refractivity contribution in [2.24, 2.45) is 0 Å². The average molecular weight is 547 g/mol. The Labute approximate surface area is 223 Å². The van der Waals surface area contributed by atoms with Crippen LogP contribution in [0.5, 0.6) is 17.2 Å². The number of rotatable bonds is 12. The van der Waals surface area contributed by atoms with Gasteiger partial charge >= 0.3 is 0 Å². The Kier molecular flexibility index (Phi) is 9.66. The van der Waals surface area contributed by atoms with E-state index in [4.69, 9.17) is 25.8 Å². The lowest BCUT2D eigenvalue weighted by molar-refractivity contribution is -0.119. The second-order valence-electron chi connectivity index (χ2n) is 8.29. The van der Waals surface area contributed by atoms with Gasteiger partial charge in [0.05, 0.1) is 36.9 Å². The maximum Gasteiger partial charge on any atom is 0.264 e. The van der Waals surface area contributed by atoms with E-state index in [1.807, 2.05) is 25.1 Å². The average Bonchev–Trinajstić information content (AvgIpc) is 2.89.